The summed E-state index contributed by atoms with van der Waals surface area (Å²) in [5, 5.41) is 3.20. The smallest absolute Gasteiger partial charge is 0.0161 e. The van der Waals surface area contributed by atoms with Crippen LogP contribution >= 0.6 is 0 Å². The normalized spacial score (nSPS) is 13.2. The van der Waals surface area contributed by atoms with Crippen molar-refractivity contribution in [2.45, 2.75) is 19.8 Å². The maximum atomic E-state index is 5.87. The number of nitrogens with one attached hydrogen (secondary N) is 1. The molecule has 0 saturated carbocycles. The van der Waals surface area contributed by atoms with Crippen molar-refractivity contribution in [1.29, 1.82) is 0 Å². The van der Waals surface area contributed by atoms with E-state index >= 15 is 0 Å². The first-order chi connectivity index (χ1) is 12.6. The summed E-state index contributed by atoms with van der Waals surface area (Å²) in [6.07, 6.45) is 1.84. The lowest BCUT2D eigenvalue weighted by molar-refractivity contribution is 0.427. The van der Waals surface area contributed by atoms with E-state index in [2.05, 4.69) is 73.9 Å². The predicted octanol–water partition coefficient (Wildman–Crippen LogP) is 4.83. The van der Waals surface area contributed by atoms with Gasteiger partial charge in [-0.15, -0.1) is 0 Å². The highest BCUT2D eigenvalue weighted by Crippen LogP contribution is 2.30. The second kappa shape index (κ2) is 10.1. The Morgan fingerprint density at radius 2 is 1.58 bits per heavy atom. The van der Waals surface area contributed by atoms with Gasteiger partial charge in [-0.3, -0.25) is 0 Å². The molecule has 0 heterocycles. The molecule has 0 aliphatic carbocycles. The zero-order chi connectivity index (χ0) is 18.9. The minimum atomic E-state index is 0.370. The minimum absolute atomic E-state index is 0.370. The Hall–Kier alpha value is -2.16. The highest BCUT2D eigenvalue weighted by Gasteiger charge is 2.21. The van der Waals surface area contributed by atoms with Gasteiger partial charge in [-0.25, -0.2) is 0 Å². The number of likely N-dealkylation sites (N-methyl/N-ethyl adjacent to an activating group) is 1. The third-order valence-electron chi connectivity index (χ3n) is 5.15. The topological polar surface area (TPSA) is 38.0 Å². The van der Waals surface area contributed by atoms with Crippen molar-refractivity contribution in [3.05, 3.63) is 84.5 Å². The number of hydrogen-bond donors (Lipinski definition) is 2. The number of allylic oxidation sites excluding steroid dienone is 1. The van der Waals surface area contributed by atoms with Gasteiger partial charge in [-0.1, -0.05) is 85.8 Å². The predicted molar refractivity (Wildman–Crippen MR) is 114 cm³/mol. The Bertz CT molecular complexity index is 701. The molecule has 2 aromatic rings. The monoisotopic (exact) mass is 348 g/mol. The standard InChI is InChI=1S/C24H32N2/c1-18(24(14-15-25)20(3)19(2)17-26-4)16-21-10-12-23(13-11-21)22-8-6-5-7-9-22/h5-13,20,24,26H,1-2,14-17,25H2,3-4H3. The van der Waals surface area contributed by atoms with Crippen molar-refractivity contribution < 1.29 is 0 Å². The quantitative estimate of drug-likeness (QED) is 0.604. The molecule has 2 aromatic carbocycles. The summed E-state index contributed by atoms with van der Waals surface area (Å²) in [5.41, 5.74) is 12.1. The van der Waals surface area contributed by atoms with Crippen molar-refractivity contribution in [2.75, 3.05) is 20.1 Å². The maximum absolute atomic E-state index is 5.87. The third kappa shape index (κ3) is 5.42. The summed E-state index contributed by atoms with van der Waals surface area (Å²) in [5.74, 6) is 0.747. The summed E-state index contributed by atoms with van der Waals surface area (Å²) in [6, 6.07) is 19.3. The molecule has 2 unspecified atom stereocenters. The molecule has 0 aliphatic heterocycles. The Labute approximate surface area is 158 Å². The van der Waals surface area contributed by atoms with Gasteiger partial charge in [0, 0.05) is 6.54 Å². The molecule has 2 rings (SSSR count). The first-order valence-electron chi connectivity index (χ1n) is 9.41. The van der Waals surface area contributed by atoms with E-state index in [1.807, 2.05) is 13.1 Å². The van der Waals surface area contributed by atoms with E-state index in [1.165, 1.54) is 27.8 Å². The van der Waals surface area contributed by atoms with Crippen LogP contribution in [0.25, 0.3) is 11.1 Å². The zero-order valence-corrected chi connectivity index (χ0v) is 16.2. The molecule has 0 aliphatic rings. The highest BCUT2D eigenvalue weighted by molar-refractivity contribution is 5.63. The maximum Gasteiger partial charge on any atom is 0.0161 e. The van der Waals surface area contributed by atoms with E-state index in [-0.39, 0.29) is 0 Å². The molecule has 2 heteroatoms. The van der Waals surface area contributed by atoms with Crippen LogP contribution in [-0.2, 0) is 6.42 Å². The molecule has 3 N–H and O–H groups in total. The number of benzene rings is 2. The van der Waals surface area contributed by atoms with Gasteiger partial charge >= 0.3 is 0 Å². The van der Waals surface area contributed by atoms with Gasteiger partial charge in [-0.05, 0) is 55.0 Å². The largest absolute Gasteiger partial charge is 0.330 e. The lowest BCUT2D eigenvalue weighted by Gasteiger charge is -2.28. The molecule has 0 radical (unpaired) electrons. The van der Waals surface area contributed by atoms with Crippen LogP contribution in [-0.4, -0.2) is 20.1 Å². The van der Waals surface area contributed by atoms with E-state index in [0.29, 0.717) is 18.4 Å². The van der Waals surface area contributed by atoms with E-state index in [4.69, 9.17) is 5.73 Å². The molecule has 0 saturated heterocycles. The van der Waals surface area contributed by atoms with E-state index in [0.717, 1.165) is 19.4 Å². The Morgan fingerprint density at radius 1 is 0.962 bits per heavy atom. The van der Waals surface area contributed by atoms with Crippen LogP contribution in [0.2, 0.25) is 0 Å². The van der Waals surface area contributed by atoms with Crippen LogP contribution in [0.4, 0.5) is 0 Å². The second-order valence-corrected chi connectivity index (χ2v) is 7.06. The van der Waals surface area contributed by atoms with Crippen LogP contribution in [0.3, 0.4) is 0 Å². The van der Waals surface area contributed by atoms with Crippen molar-refractivity contribution >= 4 is 0 Å². The third-order valence-corrected chi connectivity index (χ3v) is 5.15. The van der Waals surface area contributed by atoms with Crippen LogP contribution in [0.1, 0.15) is 18.9 Å². The lowest BCUT2D eigenvalue weighted by atomic mass is 9.79. The van der Waals surface area contributed by atoms with E-state index in [9.17, 15) is 0 Å². The van der Waals surface area contributed by atoms with E-state index in [1.54, 1.807) is 0 Å². The lowest BCUT2D eigenvalue weighted by Crippen LogP contribution is -2.24. The number of nitrogens with two attached hydrogens (primary N) is 1. The van der Waals surface area contributed by atoms with Crippen LogP contribution in [0.5, 0.6) is 0 Å². The van der Waals surface area contributed by atoms with Crippen molar-refractivity contribution in [3.63, 3.8) is 0 Å². The first-order valence-corrected chi connectivity index (χ1v) is 9.41. The van der Waals surface area contributed by atoms with Gasteiger partial charge in [0.05, 0.1) is 0 Å². The van der Waals surface area contributed by atoms with E-state index < -0.39 is 0 Å². The number of rotatable bonds is 10. The van der Waals surface area contributed by atoms with Gasteiger partial charge in [0.15, 0.2) is 0 Å². The van der Waals surface area contributed by atoms with Crippen molar-refractivity contribution in [2.24, 2.45) is 17.6 Å². The van der Waals surface area contributed by atoms with Gasteiger partial charge in [0.25, 0.3) is 0 Å². The highest BCUT2D eigenvalue weighted by atomic mass is 14.8. The molecule has 0 bridgehead atoms. The second-order valence-electron chi connectivity index (χ2n) is 7.06. The van der Waals surface area contributed by atoms with Gasteiger partial charge < -0.3 is 11.1 Å². The molecule has 2 nitrogen and oxygen atoms in total. The van der Waals surface area contributed by atoms with Crippen LogP contribution in [0, 0.1) is 11.8 Å². The fourth-order valence-electron chi connectivity index (χ4n) is 3.50. The molecule has 0 spiro atoms. The van der Waals surface area contributed by atoms with Gasteiger partial charge in [-0.2, -0.15) is 0 Å². The number of hydrogen-bond acceptors (Lipinski definition) is 2. The Morgan fingerprint density at radius 3 is 2.15 bits per heavy atom. The average molecular weight is 349 g/mol. The van der Waals surface area contributed by atoms with Gasteiger partial charge in [0.1, 0.15) is 0 Å². The van der Waals surface area contributed by atoms with Crippen LogP contribution < -0.4 is 11.1 Å². The molecular formula is C24H32N2. The van der Waals surface area contributed by atoms with Gasteiger partial charge in [0.2, 0.25) is 0 Å². The van der Waals surface area contributed by atoms with Crippen LogP contribution in [0.15, 0.2) is 78.9 Å². The molecule has 26 heavy (non-hydrogen) atoms. The Kier molecular flexibility index (Phi) is 7.83. The molecule has 0 fully saturated rings. The summed E-state index contributed by atoms with van der Waals surface area (Å²) in [7, 11) is 1.96. The summed E-state index contributed by atoms with van der Waals surface area (Å²) in [4.78, 5) is 0. The molecule has 0 aromatic heterocycles. The fourth-order valence-corrected chi connectivity index (χ4v) is 3.50. The summed E-state index contributed by atoms with van der Waals surface area (Å²) >= 11 is 0. The minimum Gasteiger partial charge on any atom is -0.330 e. The summed E-state index contributed by atoms with van der Waals surface area (Å²) < 4.78 is 0. The first kappa shape index (κ1) is 20.2. The SMILES string of the molecule is C=C(CNC)C(C)C(CCN)C(=C)Cc1ccc(-c2ccccc2)cc1. The van der Waals surface area contributed by atoms with Crippen molar-refractivity contribution in [1.82, 2.24) is 5.32 Å². The Balaban J connectivity index is 2.07. The summed E-state index contributed by atoms with van der Waals surface area (Å²) in [6.45, 7) is 12.4. The van der Waals surface area contributed by atoms with Crippen molar-refractivity contribution in [3.8, 4) is 11.1 Å². The zero-order valence-electron chi connectivity index (χ0n) is 16.2. The molecule has 138 valence electrons. The molecular weight excluding hydrogens is 316 g/mol. The average Bonchev–Trinajstić information content (AvgIpc) is 2.67. The molecule has 2 atom stereocenters. The molecule has 0 amide bonds. The fraction of sp³-hybridized carbons (Fsp3) is 0.333.